The average Bonchev–Trinajstić information content (AvgIpc) is 2.62. The summed E-state index contributed by atoms with van der Waals surface area (Å²) in [5.74, 6) is -0.187. The molecule has 4 aromatic rings. The van der Waals surface area contributed by atoms with Gasteiger partial charge in [0.05, 0.1) is 16.3 Å². The molecule has 5 nitrogen and oxygen atoms in total. The highest BCUT2D eigenvalue weighted by Gasteiger charge is 2.15. The van der Waals surface area contributed by atoms with Gasteiger partial charge in [0.25, 0.3) is 0 Å². The summed E-state index contributed by atoms with van der Waals surface area (Å²) in [6.45, 7) is 1.38. The Morgan fingerprint density at radius 3 is 2.48 bits per heavy atom. The fourth-order valence-electron chi connectivity index (χ4n) is 2.89. The van der Waals surface area contributed by atoms with Crippen molar-refractivity contribution in [2.24, 2.45) is 0 Å². The maximum Gasteiger partial charge on any atom is 0.232 e. The van der Waals surface area contributed by atoms with Crippen molar-refractivity contribution < 1.29 is 9.21 Å². The van der Waals surface area contributed by atoms with Gasteiger partial charge in [-0.05, 0) is 36.2 Å². The second kappa shape index (κ2) is 5.56. The second-order valence-electron chi connectivity index (χ2n) is 5.84. The van der Waals surface area contributed by atoms with Crippen LogP contribution in [0.25, 0.3) is 33.2 Å². The number of nitrogen functional groups attached to an aromatic ring is 1. The normalized spacial score (nSPS) is 11.1. The molecule has 0 spiro atoms. The molecule has 2 aromatic carbocycles. The Balaban J connectivity index is 2.04. The standard InChI is InChI=1S/C20H14N2O3/c1-11(23)14-10-16-18(24)15-9-13(12-5-3-2-4-6-12)7-8-17(15)25-20(16)22-19(14)21/h2-10H,1H3,(H2,21,22). The molecule has 5 heteroatoms. The van der Waals surface area contributed by atoms with E-state index in [4.69, 9.17) is 10.2 Å². The SMILES string of the molecule is CC(=O)c1cc2c(=O)c3cc(-c4ccccc4)ccc3oc2nc1N. The lowest BCUT2D eigenvalue weighted by Gasteiger charge is -2.06. The van der Waals surface area contributed by atoms with Crippen LogP contribution in [0.4, 0.5) is 5.82 Å². The summed E-state index contributed by atoms with van der Waals surface area (Å²) < 4.78 is 5.73. The van der Waals surface area contributed by atoms with Crippen LogP contribution < -0.4 is 11.2 Å². The highest BCUT2D eigenvalue weighted by molar-refractivity contribution is 6.02. The number of nitrogens with two attached hydrogens (primary N) is 1. The summed E-state index contributed by atoms with van der Waals surface area (Å²) in [5.41, 5.74) is 8.25. The van der Waals surface area contributed by atoms with Crippen LogP contribution in [-0.2, 0) is 0 Å². The number of Topliss-reactive ketones (excluding diaryl/α,β-unsaturated/α-hetero) is 1. The molecule has 2 aromatic heterocycles. The lowest BCUT2D eigenvalue weighted by molar-refractivity contribution is 0.101. The van der Waals surface area contributed by atoms with E-state index in [1.807, 2.05) is 36.4 Å². The van der Waals surface area contributed by atoms with E-state index in [0.717, 1.165) is 11.1 Å². The molecule has 0 radical (unpaired) electrons. The molecule has 0 saturated carbocycles. The second-order valence-corrected chi connectivity index (χ2v) is 5.84. The first-order valence-electron chi connectivity index (χ1n) is 7.78. The van der Waals surface area contributed by atoms with Gasteiger partial charge >= 0.3 is 0 Å². The van der Waals surface area contributed by atoms with E-state index in [9.17, 15) is 9.59 Å². The molecule has 0 bridgehead atoms. The van der Waals surface area contributed by atoms with Gasteiger partial charge in [0.2, 0.25) is 11.1 Å². The fourth-order valence-corrected chi connectivity index (χ4v) is 2.89. The predicted octanol–water partition coefficient (Wildman–Crippen LogP) is 3.79. The van der Waals surface area contributed by atoms with E-state index in [1.54, 1.807) is 12.1 Å². The molecule has 2 heterocycles. The topological polar surface area (TPSA) is 86.2 Å². The van der Waals surface area contributed by atoms with Crippen LogP contribution in [0, 0.1) is 0 Å². The van der Waals surface area contributed by atoms with Crippen molar-refractivity contribution in [3.63, 3.8) is 0 Å². The molecule has 25 heavy (non-hydrogen) atoms. The van der Waals surface area contributed by atoms with Gasteiger partial charge in [0.1, 0.15) is 11.4 Å². The number of rotatable bonds is 2. The summed E-state index contributed by atoms with van der Waals surface area (Å²) in [6, 6.07) is 16.6. The Morgan fingerprint density at radius 2 is 1.76 bits per heavy atom. The summed E-state index contributed by atoms with van der Waals surface area (Å²) in [7, 11) is 0. The van der Waals surface area contributed by atoms with Crippen LogP contribution in [0.15, 0.2) is 63.8 Å². The van der Waals surface area contributed by atoms with Crippen molar-refractivity contribution in [3.05, 3.63) is 70.4 Å². The monoisotopic (exact) mass is 330 g/mol. The summed E-state index contributed by atoms with van der Waals surface area (Å²) in [5, 5.41) is 0.687. The number of anilines is 1. The molecule has 0 aliphatic heterocycles. The van der Waals surface area contributed by atoms with Gasteiger partial charge in [-0.25, -0.2) is 0 Å². The number of pyridine rings is 1. The van der Waals surface area contributed by atoms with Gasteiger partial charge < -0.3 is 10.2 Å². The lowest BCUT2D eigenvalue weighted by Crippen LogP contribution is -2.08. The highest BCUT2D eigenvalue weighted by Crippen LogP contribution is 2.26. The van der Waals surface area contributed by atoms with E-state index < -0.39 is 0 Å². The number of hydrogen-bond donors (Lipinski definition) is 1. The average molecular weight is 330 g/mol. The number of carbonyl (C=O) groups excluding carboxylic acids is 1. The quantitative estimate of drug-likeness (QED) is 0.446. The smallest absolute Gasteiger partial charge is 0.232 e. The molecule has 4 rings (SSSR count). The van der Waals surface area contributed by atoms with Crippen LogP contribution >= 0.6 is 0 Å². The molecule has 0 unspecified atom stereocenters. The third-order valence-electron chi connectivity index (χ3n) is 4.18. The summed E-state index contributed by atoms with van der Waals surface area (Å²) >= 11 is 0. The predicted molar refractivity (Wildman–Crippen MR) is 97.6 cm³/mol. The Hall–Kier alpha value is -3.47. The molecule has 0 saturated heterocycles. The first kappa shape index (κ1) is 15.1. The minimum atomic E-state index is -0.246. The van der Waals surface area contributed by atoms with Gasteiger partial charge in [0.15, 0.2) is 5.78 Å². The lowest BCUT2D eigenvalue weighted by atomic mass is 10.0. The third kappa shape index (κ3) is 2.46. The maximum absolute atomic E-state index is 12.9. The highest BCUT2D eigenvalue weighted by atomic mass is 16.3. The van der Waals surface area contributed by atoms with Crippen molar-refractivity contribution in [3.8, 4) is 11.1 Å². The molecule has 2 N–H and O–H groups in total. The Kier molecular flexibility index (Phi) is 3.35. The number of ketones is 1. The number of nitrogens with zero attached hydrogens (tertiary/aromatic N) is 1. The molecule has 0 aliphatic carbocycles. The summed E-state index contributed by atoms with van der Waals surface area (Å²) in [6.07, 6.45) is 0. The van der Waals surface area contributed by atoms with E-state index in [2.05, 4.69) is 4.98 Å². The minimum absolute atomic E-state index is 0.0587. The van der Waals surface area contributed by atoms with Crippen LogP contribution in [-0.4, -0.2) is 10.8 Å². The van der Waals surface area contributed by atoms with Gasteiger partial charge in [-0.2, -0.15) is 4.98 Å². The Morgan fingerprint density at radius 1 is 1.00 bits per heavy atom. The zero-order valence-electron chi connectivity index (χ0n) is 13.4. The first-order valence-corrected chi connectivity index (χ1v) is 7.78. The van der Waals surface area contributed by atoms with Gasteiger partial charge in [0, 0.05) is 0 Å². The van der Waals surface area contributed by atoms with Crippen LogP contribution in [0.5, 0.6) is 0 Å². The number of benzene rings is 2. The third-order valence-corrected chi connectivity index (χ3v) is 4.18. The summed E-state index contributed by atoms with van der Waals surface area (Å²) in [4.78, 5) is 28.7. The zero-order valence-corrected chi connectivity index (χ0v) is 13.4. The van der Waals surface area contributed by atoms with Crippen molar-refractivity contribution >= 4 is 33.7 Å². The number of aromatic nitrogens is 1. The molecule has 0 atom stereocenters. The molecular formula is C20H14N2O3. The van der Waals surface area contributed by atoms with Crippen LogP contribution in [0.3, 0.4) is 0 Å². The van der Waals surface area contributed by atoms with Crippen molar-refractivity contribution in [2.75, 3.05) is 5.73 Å². The first-order chi connectivity index (χ1) is 12.0. The van der Waals surface area contributed by atoms with Crippen molar-refractivity contribution in [1.82, 2.24) is 4.98 Å². The largest absolute Gasteiger partial charge is 0.437 e. The van der Waals surface area contributed by atoms with E-state index in [1.165, 1.54) is 13.0 Å². The van der Waals surface area contributed by atoms with Crippen molar-refractivity contribution in [2.45, 2.75) is 6.92 Å². The number of hydrogen-bond acceptors (Lipinski definition) is 5. The fraction of sp³-hybridized carbons (Fsp3) is 0.0500. The van der Waals surface area contributed by atoms with Crippen molar-refractivity contribution in [1.29, 1.82) is 0 Å². The van der Waals surface area contributed by atoms with E-state index in [0.29, 0.717) is 11.0 Å². The van der Waals surface area contributed by atoms with Crippen LogP contribution in [0.2, 0.25) is 0 Å². The zero-order chi connectivity index (χ0) is 17.6. The number of carbonyl (C=O) groups is 1. The molecule has 0 aliphatic rings. The molecule has 0 amide bonds. The molecule has 122 valence electrons. The van der Waals surface area contributed by atoms with Crippen LogP contribution in [0.1, 0.15) is 17.3 Å². The number of fused-ring (bicyclic) bond motifs is 2. The van der Waals surface area contributed by atoms with E-state index in [-0.39, 0.29) is 33.7 Å². The van der Waals surface area contributed by atoms with Gasteiger partial charge in [-0.3, -0.25) is 9.59 Å². The molecular weight excluding hydrogens is 316 g/mol. The Bertz CT molecular complexity index is 1190. The van der Waals surface area contributed by atoms with E-state index >= 15 is 0 Å². The van der Waals surface area contributed by atoms with Gasteiger partial charge in [-0.1, -0.05) is 36.4 Å². The van der Waals surface area contributed by atoms with Gasteiger partial charge in [-0.15, -0.1) is 0 Å². The maximum atomic E-state index is 12.9. The molecule has 0 fully saturated rings. The Labute approximate surface area is 142 Å². The minimum Gasteiger partial charge on any atom is -0.437 e.